The topological polar surface area (TPSA) is 47.3 Å². The van der Waals surface area contributed by atoms with E-state index in [1.807, 2.05) is 42.5 Å². The molecule has 0 saturated carbocycles. The second-order valence-corrected chi connectivity index (χ2v) is 7.18. The number of nitrogen functional groups attached to an aromatic ring is 1. The molecule has 0 aliphatic heterocycles. The molecule has 0 spiro atoms. The third-order valence-electron chi connectivity index (χ3n) is 3.62. The molecule has 25 heavy (non-hydrogen) atoms. The van der Waals surface area contributed by atoms with Crippen molar-refractivity contribution in [1.29, 1.82) is 0 Å². The lowest BCUT2D eigenvalue weighted by Gasteiger charge is -2.19. The fourth-order valence-electron chi connectivity index (χ4n) is 2.18. The van der Waals surface area contributed by atoms with Gasteiger partial charge in [0.1, 0.15) is 12.4 Å². The molecule has 0 heterocycles. The molecule has 0 aliphatic rings. The van der Waals surface area contributed by atoms with Crippen molar-refractivity contribution in [3.05, 3.63) is 59.7 Å². The molecule has 3 nitrogen and oxygen atoms in total. The maximum atomic E-state index is 5.94. The van der Waals surface area contributed by atoms with Crippen molar-refractivity contribution in [2.24, 2.45) is 0 Å². The van der Waals surface area contributed by atoms with E-state index in [2.05, 4.69) is 46.0 Å². The van der Waals surface area contributed by atoms with Gasteiger partial charge in [-0.2, -0.15) is 0 Å². The first-order valence-corrected chi connectivity index (χ1v) is 9.16. The monoisotopic (exact) mass is 342 g/mol. The zero-order valence-corrected chi connectivity index (χ0v) is 16.4. The Kier molecular flexibility index (Phi) is 9.07. The number of hydrogen-bond donors (Lipinski definition) is 2. The summed E-state index contributed by atoms with van der Waals surface area (Å²) in [5, 5.41) is 3.37. The minimum absolute atomic E-state index is 0.302. The zero-order valence-electron chi connectivity index (χ0n) is 16.4. The minimum atomic E-state index is 0.302. The number of nitrogens with one attached hydrogen (secondary N) is 1. The molecule has 0 aliphatic carbocycles. The Hall–Kier alpha value is -2.00. The summed E-state index contributed by atoms with van der Waals surface area (Å²) in [4.78, 5) is 0. The predicted molar refractivity (Wildman–Crippen MR) is 109 cm³/mol. The lowest BCUT2D eigenvalue weighted by molar-refractivity contribution is 0.308. The number of anilines is 1. The SMILES string of the molecule is CCCNC(C)(C)C.CCc1ccc(OCc2ccccc2)c(N)c1. The van der Waals surface area contributed by atoms with Crippen molar-refractivity contribution in [1.82, 2.24) is 5.32 Å². The van der Waals surface area contributed by atoms with Gasteiger partial charge in [0.25, 0.3) is 0 Å². The van der Waals surface area contributed by atoms with Crippen LogP contribution in [0.15, 0.2) is 48.5 Å². The normalized spacial score (nSPS) is 10.8. The van der Waals surface area contributed by atoms with Gasteiger partial charge in [-0.15, -0.1) is 0 Å². The van der Waals surface area contributed by atoms with Gasteiger partial charge in [0.15, 0.2) is 0 Å². The summed E-state index contributed by atoms with van der Waals surface area (Å²) >= 11 is 0. The minimum Gasteiger partial charge on any atom is -0.487 e. The highest BCUT2D eigenvalue weighted by Gasteiger charge is 2.05. The molecule has 0 aromatic heterocycles. The van der Waals surface area contributed by atoms with Crippen molar-refractivity contribution < 1.29 is 4.74 Å². The van der Waals surface area contributed by atoms with Crippen LogP contribution in [0.5, 0.6) is 5.75 Å². The molecule has 2 rings (SSSR count). The summed E-state index contributed by atoms with van der Waals surface area (Å²) in [5.41, 5.74) is 9.32. The van der Waals surface area contributed by atoms with E-state index in [0.29, 0.717) is 17.8 Å². The molecule has 3 heteroatoms. The molecule has 2 aromatic rings. The second kappa shape index (κ2) is 10.8. The first kappa shape index (κ1) is 21.0. The first-order valence-electron chi connectivity index (χ1n) is 9.16. The van der Waals surface area contributed by atoms with Crippen LogP contribution in [0.4, 0.5) is 5.69 Å². The molecule has 0 radical (unpaired) electrons. The van der Waals surface area contributed by atoms with Gasteiger partial charge in [-0.25, -0.2) is 0 Å². The molecule has 0 fully saturated rings. The van der Waals surface area contributed by atoms with Crippen LogP contribution in [0.2, 0.25) is 0 Å². The Morgan fingerprint density at radius 2 is 1.64 bits per heavy atom. The fourth-order valence-corrected chi connectivity index (χ4v) is 2.18. The van der Waals surface area contributed by atoms with Crippen LogP contribution in [0.25, 0.3) is 0 Å². The second-order valence-electron chi connectivity index (χ2n) is 7.18. The van der Waals surface area contributed by atoms with Gasteiger partial charge in [0.2, 0.25) is 0 Å². The third-order valence-corrected chi connectivity index (χ3v) is 3.62. The van der Waals surface area contributed by atoms with Crippen molar-refractivity contribution in [2.45, 2.75) is 59.6 Å². The number of rotatable bonds is 6. The van der Waals surface area contributed by atoms with E-state index in [0.717, 1.165) is 24.3 Å². The maximum Gasteiger partial charge on any atom is 0.142 e. The van der Waals surface area contributed by atoms with Crippen molar-refractivity contribution in [2.75, 3.05) is 12.3 Å². The molecule has 0 unspecified atom stereocenters. The molecule has 0 amide bonds. The van der Waals surface area contributed by atoms with E-state index >= 15 is 0 Å². The molecule has 3 N–H and O–H groups in total. The van der Waals surface area contributed by atoms with Gasteiger partial charge in [0, 0.05) is 5.54 Å². The largest absolute Gasteiger partial charge is 0.487 e. The smallest absolute Gasteiger partial charge is 0.142 e. The van der Waals surface area contributed by atoms with Crippen LogP contribution in [0.3, 0.4) is 0 Å². The fraction of sp³-hybridized carbons (Fsp3) is 0.455. The zero-order chi connectivity index (χ0) is 18.7. The van der Waals surface area contributed by atoms with E-state index in [9.17, 15) is 0 Å². The van der Waals surface area contributed by atoms with Crippen molar-refractivity contribution in [3.8, 4) is 5.75 Å². The van der Waals surface area contributed by atoms with Gasteiger partial charge in [-0.1, -0.05) is 50.2 Å². The summed E-state index contributed by atoms with van der Waals surface area (Å²) in [6, 6.07) is 16.0. The molecule has 0 atom stereocenters. The number of aryl methyl sites for hydroxylation is 1. The Labute approximate surface area is 153 Å². The predicted octanol–water partition coefficient (Wildman–Crippen LogP) is 5.19. The van der Waals surface area contributed by atoms with Crippen molar-refractivity contribution >= 4 is 5.69 Å². The Bertz CT molecular complexity index is 603. The molecule has 2 aromatic carbocycles. The standard InChI is InChI=1S/C15H17NO.C7H17N/c1-2-12-8-9-15(14(16)10-12)17-11-13-6-4-3-5-7-13;1-5-6-8-7(2,3)4/h3-10H,2,11,16H2,1H3;8H,5-6H2,1-4H3. The summed E-state index contributed by atoms with van der Waals surface area (Å²) in [5.74, 6) is 0.756. The van der Waals surface area contributed by atoms with E-state index in [-0.39, 0.29) is 0 Å². The van der Waals surface area contributed by atoms with Gasteiger partial charge >= 0.3 is 0 Å². The molecule has 0 bridgehead atoms. The maximum absolute atomic E-state index is 5.94. The summed E-state index contributed by atoms with van der Waals surface area (Å²) < 4.78 is 5.70. The van der Waals surface area contributed by atoms with Crippen LogP contribution in [0, 0.1) is 0 Å². The molecule has 0 saturated heterocycles. The van der Waals surface area contributed by atoms with E-state index < -0.39 is 0 Å². The van der Waals surface area contributed by atoms with E-state index in [1.165, 1.54) is 12.0 Å². The van der Waals surface area contributed by atoms with E-state index in [1.54, 1.807) is 0 Å². The number of hydrogen-bond acceptors (Lipinski definition) is 3. The summed E-state index contributed by atoms with van der Waals surface area (Å²) in [6.07, 6.45) is 2.21. The van der Waals surface area contributed by atoms with Crippen molar-refractivity contribution in [3.63, 3.8) is 0 Å². The average Bonchev–Trinajstić information content (AvgIpc) is 2.59. The Morgan fingerprint density at radius 1 is 0.960 bits per heavy atom. The Morgan fingerprint density at radius 3 is 2.12 bits per heavy atom. The average molecular weight is 343 g/mol. The molecular weight excluding hydrogens is 308 g/mol. The summed E-state index contributed by atoms with van der Waals surface area (Å²) in [7, 11) is 0. The van der Waals surface area contributed by atoms with Crippen LogP contribution in [0.1, 0.15) is 52.2 Å². The Balaban J connectivity index is 0.000000333. The van der Waals surface area contributed by atoms with Crippen LogP contribution in [-0.2, 0) is 13.0 Å². The van der Waals surface area contributed by atoms with Gasteiger partial charge in [0.05, 0.1) is 5.69 Å². The highest BCUT2D eigenvalue weighted by molar-refractivity contribution is 5.54. The highest BCUT2D eigenvalue weighted by atomic mass is 16.5. The highest BCUT2D eigenvalue weighted by Crippen LogP contribution is 2.23. The molecular formula is C22H34N2O. The van der Waals surface area contributed by atoms with Gasteiger partial charge in [-0.05, 0) is 63.4 Å². The van der Waals surface area contributed by atoms with Crippen LogP contribution < -0.4 is 15.8 Å². The molecule has 138 valence electrons. The van der Waals surface area contributed by atoms with Gasteiger partial charge < -0.3 is 15.8 Å². The first-order chi connectivity index (χ1) is 11.9. The number of ether oxygens (including phenoxy) is 1. The van der Waals surface area contributed by atoms with Crippen LogP contribution >= 0.6 is 0 Å². The number of nitrogens with two attached hydrogens (primary N) is 1. The lowest BCUT2D eigenvalue weighted by Crippen LogP contribution is -2.36. The van der Waals surface area contributed by atoms with Crippen LogP contribution in [-0.4, -0.2) is 12.1 Å². The number of benzene rings is 2. The quantitative estimate of drug-likeness (QED) is 0.710. The lowest BCUT2D eigenvalue weighted by atomic mass is 10.1. The van der Waals surface area contributed by atoms with E-state index in [4.69, 9.17) is 10.5 Å². The third kappa shape index (κ3) is 9.16. The van der Waals surface area contributed by atoms with Gasteiger partial charge in [-0.3, -0.25) is 0 Å². The summed E-state index contributed by atoms with van der Waals surface area (Å²) in [6.45, 7) is 12.5.